The van der Waals surface area contributed by atoms with Crippen LogP contribution in [0.5, 0.6) is 11.5 Å². The molecule has 1 saturated heterocycles. The van der Waals surface area contributed by atoms with Crippen LogP contribution in [0.3, 0.4) is 0 Å². The highest BCUT2D eigenvalue weighted by Gasteiger charge is 2.18. The highest BCUT2D eigenvalue weighted by molar-refractivity contribution is 5.98. The third kappa shape index (κ3) is 3.12. The van der Waals surface area contributed by atoms with Gasteiger partial charge in [-0.2, -0.15) is 0 Å². The van der Waals surface area contributed by atoms with Crippen LogP contribution >= 0.6 is 0 Å². The summed E-state index contributed by atoms with van der Waals surface area (Å²) in [5.74, 6) is 1.58. The lowest BCUT2D eigenvalue weighted by molar-refractivity contribution is 0.0924. The van der Waals surface area contributed by atoms with Crippen molar-refractivity contribution in [3.05, 3.63) is 23.8 Å². The van der Waals surface area contributed by atoms with Crippen LogP contribution in [0.15, 0.2) is 18.2 Å². The topological polar surface area (TPSA) is 38.8 Å². The van der Waals surface area contributed by atoms with Crippen molar-refractivity contribution in [2.24, 2.45) is 0 Å². The van der Waals surface area contributed by atoms with E-state index >= 15 is 0 Å². The van der Waals surface area contributed by atoms with Crippen molar-refractivity contribution in [3.8, 4) is 11.5 Å². The Balaban J connectivity index is 1.63. The van der Waals surface area contributed by atoms with E-state index < -0.39 is 0 Å². The second kappa shape index (κ2) is 6.27. The molecule has 3 rings (SSSR count). The van der Waals surface area contributed by atoms with Gasteiger partial charge < -0.3 is 9.47 Å². The van der Waals surface area contributed by atoms with Crippen molar-refractivity contribution in [2.45, 2.75) is 32.1 Å². The third-order valence-corrected chi connectivity index (χ3v) is 4.01. The SMILES string of the molecule is O=C(CN1CCCCCCC1)c1ccc2c(c1)OCO2. The van der Waals surface area contributed by atoms with E-state index in [0.717, 1.165) is 24.4 Å². The maximum atomic E-state index is 12.4. The molecule has 0 bridgehead atoms. The molecule has 0 N–H and O–H groups in total. The molecule has 0 amide bonds. The zero-order valence-corrected chi connectivity index (χ0v) is 11.8. The molecule has 4 heteroatoms. The van der Waals surface area contributed by atoms with Crippen LogP contribution in [0, 0.1) is 0 Å². The highest BCUT2D eigenvalue weighted by Crippen LogP contribution is 2.32. The number of rotatable bonds is 3. The molecule has 0 radical (unpaired) electrons. The predicted octanol–water partition coefficient (Wildman–Crippen LogP) is 2.86. The van der Waals surface area contributed by atoms with Crippen LogP contribution < -0.4 is 9.47 Å². The lowest BCUT2D eigenvalue weighted by Crippen LogP contribution is -2.32. The van der Waals surface area contributed by atoms with E-state index in [-0.39, 0.29) is 12.6 Å². The Kier molecular flexibility index (Phi) is 4.21. The fourth-order valence-corrected chi connectivity index (χ4v) is 2.84. The van der Waals surface area contributed by atoms with Crippen LogP contribution in [0.25, 0.3) is 0 Å². The first-order chi connectivity index (χ1) is 9.83. The van der Waals surface area contributed by atoms with Crippen LogP contribution in [-0.2, 0) is 0 Å². The van der Waals surface area contributed by atoms with Crippen LogP contribution in [0.1, 0.15) is 42.5 Å². The molecule has 1 aromatic rings. The number of hydrogen-bond acceptors (Lipinski definition) is 4. The number of ether oxygens (including phenoxy) is 2. The lowest BCUT2D eigenvalue weighted by atomic mass is 10.1. The number of carbonyl (C=O) groups is 1. The van der Waals surface area contributed by atoms with Gasteiger partial charge in [0.15, 0.2) is 17.3 Å². The number of likely N-dealkylation sites (tertiary alicyclic amines) is 1. The molecule has 0 saturated carbocycles. The maximum Gasteiger partial charge on any atom is 0.231 e. The van der Waals surface area contributed by atoms with E-state index in [4.69, 9.17) is 9.47 Å². The Morgan fingerprint density at radius 3 is 2.50 bits per heavy atom. The van der Waals surface area contributed by atoms with Gasteiger partial charge in [0, 0.05) is 5.56 Å². The molecule has 108 valence electrons. The smallest absolute Gasteiger partial charge is 0.231 e. The summed E-state index contributed by atoms with van der Waals surface area (Å²) in [6, 6.07) is 5.46. The molecule has 2 aliphatic heterocycles. The molecular weight excluding hydrogens is 254 g/mol. The van der Waals surface area contributed by atoms with Gasteiger partial charge in [0.05, 0.1) is 6.54 Å². The van der Waals surface area contributed by atoms with E-state index in [0.29, 0.717) is 12.3 Å². The Hall–Kier alpha value is -1.55. The van der Waals surface area contributed by atoms with Crippen LogP contribution in [0.2, 0.25) is 0 Å². The van der Waals surface area contributed by atoms with Gasteiger partial charge in [0.25, 0.3) is 0 Å². The molecule has 2 aliphatic rings. The molecule has 1 aromatic carbocycles. The zero-order valence-electron chi connectivity index (χ0n) is 11.8. The number of hydrogen-bond donors (Lipinski definition) is 0. The summed E-state index contributed by atoms with van der Waals surface area (Å²) >= 11 is 0. The first-order valence-electron chi connectivity index (χ1n) is 7.48. The van der Waals surface area contributed by atoms with E-state index in [1.165, 1.54) is 32.1 Å². The van der Waals surface area contributed by atoms with E-state index in [1.807, 2.05) is 12.1 Å². The van der Waals surface area contributed by atoms with Crippen molar-refractivity contribution < 1.29 is 14.3 Å². The maximum absolute atomic E-state index is 12.4. The Labute approximate surface area is 119 Å². The summed E-state index contributed by atoms with van der Waals surface area (Å²) < 4.78 is 10.6. The number of nitrogens with zero attached hydrogens (tertiary/aromatic N) is 1. The normalized spacial score (nSPS) is 19.4. The number of Topliss-reactive ketones (excluding diaryl/α,β-unsaturated/α-hetero) is 1. The van der Waals surface area contributed by atoms with Crippen molar-refractivity contribution in [2.75, 3.05) is 26.4 Å². The van der Waals surface area contributed by atoms with Gasteiger partial charge >= 0.3 is 0 Å². The fraction of sp³-hybridized carbons (Fsp3) is 0.562. The van der Waals surface area contributed by atoms with Crippen LogP contribution in [-0.4, -0.2) is 37.1 Å². The van der Waals surface area contributed by atoms with Crippen molar-refractivity contribution in [1.82, 2.24) is 4.90 Å². The quantitative estimate of drug-likeness (QED) is 0.795. The Morgan fingerprint density at radius 2 is 1.70 bits per heavy atom. The molecular formula is C16H21NO3. The minimum absolute atomic E-state index is 0.170. The second-order valence-corrected chi connectivity index (χ2v) is 5.54. The molecule has 20 heavy (non-hydrogen) atoms. The molecule has 0 atom stereocenters. The first-order valence-corrected chi connectivity index (χ1v) is 7.48. The summed E-state index contributed by atoms with van der Waals surface area (Å²) in [6.07, 6.45) is 6.32. The number of fused-ring (bicyclic) bond motifs is 1. The van der Waals surface area contributed by atoms with E-state index in [1.54, 1.807) is 6.07 Å². The third-order valence-electron chi connectivity index (χ3n) is 4.01. The Bertz CT molecular complexity index is 479. The lowest BCUT2D eigenvalue weighted by Gasteiger charge is -2.23. The van der Waals surface area contributed by atoms with Crippen molar-refractivity contribution in [3.63, 3.8) is 0 Å². The van der Waals surface area contributed by atoms with Gasteiger partial charge in [0.2, 0.25) is 6.79 Å². The molecule has 0 spiro atoms. The van der Waals surface area contributed by atoms with Gasteiger partial charge in [-0.3, -0.25) is 9.69 Å². The number of ketones is 1. The summed E-state index contributed by atoms with van der Waals surface area (Å²) in [4.78, 5) is 14.7. The van der Waals surface area contributed by atoms with Crippen LogP contribution in [0.4, 0.5) is 0 Å². The molecule has 2 heterocycles. The average molecular weight is 275 g/mol. The van der Waals surface area contributed by atoms with Gasteiger partial charge in [-0.15, -0.1) is 0 Å². The molecule has 0 aromatic heterocycles. The summed E-state index contributed by atoms with van der Waals surface area (Å²) in [5.41, 5.74) is 0.719. The number of carbonyl (C=O) groups excluding carboxylic acids is 1. The first kappa shape index (κ1) is 13.4. The molecule has 0 unspecified atom stereocenters. The molecule has 0 aliphatic carbocycles. The highest BCUT2D eigenvalue weighted by atomic mass is 16.7. The fourth-order valence-electron chi connectivity index (χ4n) is 2.84. The van der Waals surface area contributed by atoms with Crippen molar-refractivity contribution >= 4 is 5.78 Å². The molecule has 1 fully saturated rings. The van der Waals surface area contributed by atoms with E-state index in [9.17, 15) is 4.79 Å². The minimum Gasteiger partial charge on any atom is -0.454 e. The summed E-state index contributed by atoms with van der Waals surface area (Å²) in [7, 11) is 0. The monoisotopic (exact) mass is 275 g/mol. The summed E-state index contributed by atoms with van der Waals surface area (Å²) in [5, 5.41) is 0. The van der Waals surface area contributed by atoms with Gasteiger partial charge in [-0.05, 0) is 44.1 Å². The summed E-state index contributed by atoms with van der Waals surface area (Å²) in [6.45, 7) is 2.84. The van der Waals surface area contributed by atoms with Crippen molar-refractivity contribution in [1.29, 1.82) is 0 Å². The Morgan fingerprint density at radius 1 is 1.00 bits per heavy atom. The average Bonchev–Trinajstić information content (AvgIpc) is 2.88. The van der Waals surface area contributed by atoms with Gasteiger partial charge in [-0.1, -0.05) is 19.3 Å². The minimum atomic E-state index is 0.170. The number of benzene rings is 1. The zero-order chi connectivity index (χ0) is 13.8. The second-order valence-electron chi connectivity index (χ2n) is 5.54. The largest absolute Gasteiger partial charge is 0.454 e. The van der Waals surface area contributed by atoms with Gasteiger partial charge in [0.1, 0.15) is 0 Å². The van der Waals surface area contributed by atoms with Gasteiger partial charge in [-0.25, -0.2) is 0 Å². The standard InChI is InChI=1S/C16H21NO3/c18-14(11-17-8-4-2-1-3-5-9-17)13-6-7-15-16(10-13)20-12-19-15/h6-7,10H,1-5,8-9,11-12H2. The van der Waals surface area contributed by atoms with E-state index in [2.05, 4.69) is 4.90 Å². The molecule has 4 nitrogen and oxygen atoms in total. The predicted molar refractivity (Wildman–Crippen MR) is 76.4 cm³/mol.